The van der Waals surface area contributed by atoms with E-state index in [1.54, 1.807) is 0 Å². The Balaban J connectivity index is 1.89. The Morgan fingerprint density at radius 3 is 2.44 bits per heavy atom. The predicted molar refractivity (Wildman–Crippen MR) is 61.9 cm³/mol. The molecule has 1 aliphatic rings. The largest absolute Gasteiger partial charge is 0.354 e. The Labute approximate surface area is 96.4 Å². The minimum Gasteiger partial charge on any atom is -0.354 e. The summed E-state index contributed by atoms with van der Waals surface area (Å²) in [5.41, 5.74) is 0. The smallest absolute Gasteiger partial charge is 0.223 e. The maximum Gasteiger partial charge on any atom is 0.223 e. The van der Waals surface area contributed by atoms with Gasteiger partial charge in [-0.1, -0.05) is 6.92 Å². The molecule has 0 aromatic rings. The second-order valence-electron chi connectivity index (χ2n) is 4.02. The van der Waals surface area contributed by atoms with Crippen molar-refractivity contribution in [2.45, 2.75) is 26.2 Å². The van der Waals surface area contributed by atoms with E-state index in [4.69, 9.17) is 0 Å². The fourth-order valence-corrected chi connectivity index (χ4v) is 1.34. The molecule has 92 valence electrons. The van der Waals surface area contributed by atoms with Gasteiger partial charge in [0.1, 0.15) is 0 Å². The molecular formula is C11H21N3O2. The van der Waals surface area contributed by atoms with Crippen molar-refractivity contribution in [2.75, 3.05) is 26.2 Å². The van der Waals surface area contributed by atoms with Gasteiger partial charge >= 0.3 is 0 Å². The van der Waals surface area contributed by atoms with Crippen LogP contribution in [0.1, 0.15) is 26.2 Å². The van der Waals surface area contributed by atoms with Gasteiger partial charge in [0.05, 0.1) is 0 Å². The van der Waals surface area contributed by atoms with E-state index in [2.05, 4.69) is 16.0 Å². The lowest BCUT2D eigenvalue weighted by Crippen LogP contribution is -2.36. The standard InChI is InChI=1S/C11H21N3O2/c1-2-12-6-5-10(15)13-7-8-14-11(16)9-3-4-9/h9,12H,2-8H2,1H3,(H,13,15)(H,14,16). The van der Waals surface area contributed by atoms with Crippen molar-refractivity contribution in [2.24, 2.45) is 5.92 Å². The number of carbonyl (C=O) groups excluding carboxylic acids is 2. The molecule has 1 rings (SSSR count). The number of hydrogen-bond donors (Lipinski definition) is 3. The van der Waals surface area contributed by atoms with Crippen molar-refractivity contribution in [3.05, 3.63) is 0 Å². The zero-order valence-corrected chi connectivity index (χ0v) is 9.84. The SMILES string of the molecule is CCNCCC(=O)NCCNC(=O)C1CC1. The van der Waals surface area contributed by atoms with Crippen LogP contribution in [0.15, 0.2) is 0 Å². The molecule has 0 aliphatic heterocycles. The summed E-state index contributed by atoms with van der Waals surface area (Å²) in [7, 11) is 0. The van der Waals surface area contributed by atoms with Gasteiger partial charge in [-0.15, -0.1) is 0 Å². The summed E-state index contributed by atoms with van der Waals surface area (Å²) < 4.78 is 0. The molecule has 0 atom stereocenters. The first-order chi connectivity index (χ1) is 7.74. The van der Waals surface area contributed by atoms with Gasteiger partial charge in [0.15, 0.2) is 0 Å². The van der Waals surface area contributed by atoms with E-state index < -0.39 is 0 Å². The Morgan fingerprint density at radius 1 is 1.12 bits per heavy atom. The second-order valence-corrected chi connectivity index (χ2v) is 4.02. The molecule has 0 bridgehead atoms. The molecule has 2 amide bonds. The Bertz CT molecular complexity index is 239. The number of amides is 2. The van der Waals surface area contributed by atoms with Crippen molar-refractivity contribution in [1.29, 1.82) is 0 Å². The molecule has 1 saturated carbocycles. The van der Waals surface area contributed by atoms with Crippen molar-refractivity contribution in [3.63, 3.8) is 0 Å². The van der Waals surface area contributed by atoms with Crippen LogP contribution in [0.5, 0.6) is 0 Å². The molecule has 0 aromatic carbocycles. The summed E-state index contributed by atoms with van der Waals surface area (Å²) >= 11 is 0. The lowest BCUT2D eigenvalue weighted by molar-refractivity contribution is -0.123. The Hall–Kier alpha value is -1.10. The van der Waals surface area contributed by atoms with Gasteiger partial charge in [-0.3, -0.25) is 9.59 Å². The topological polar surface area (TPSA) is 70.2 Å². The van der Waals surface area contributed by atoms with Gasteiger partial charge in [-0.2, -0.15) is 0 Å². The normalized spacial score (nSPS) is 14.6. The van der Waals surface area contributed by atoms with Crippen LogP contribution in [-0.2, 0) is 9.59 Å². The highest BCUT2D eigenvalue weighted by molar-refractivity contribution is 5.81. The van der Waals surface area contributed by atoms with Crippen molar-refractivity contribution >= 4 is 11.8 Å². The van der Waals surface area contributed by atoms with Crippen LogP contribution in [0, 0.1) is 5.92 Å². The summed E-state index contributed by atoms with van der Waals surface area (Å²) in [6.07, 6.45) is 2.52. The molecular weight excluding hydrogens is 206 g/mol. The molecule has 0 unspecified atom stereocenters. The van der Waals surface area contributed by atoms with Gasteiger partial charge in [-0.25, -0.2) is 0 Å². The quantitative estimate of drug-likeness (QED) is 0.495. The number of rotatable bonds is 8. The van der Waals surface area contributed by atoms with Crippen molar-refractivity contribution in [3.8, 4) is 0 Å². The average Bonchev–Trinajstić information content (AvgIpc) is 3.08. The van der Waals surface area contributed by atoms with Gasteiger partial charge in [0.2, 0.25) is 11.8 Å². The van der Waals surface area contributed by atoms with Gasteiger partial charge in [-0.05, 0) is 19.4 Å². The predicted octanol–water partition coefficient (Wildman–Crippen LogP) is -0.372. The summed E-state index contributed by atoms with van der Waals surface area (Å²) in [6.45, 7) is 4.64. The molecule has 0 aromatic heterocycles. The molecule has 0 spiro atoms. The molecule has 0 saturated heterocycles. The molecule has 1 aliphatic carbocycles. The summed E-state index contributed by atoms with van der Waals surface area (Å²) in [6, 6.07) is 0. The van der Waals surface area contributed by atoms with E-state index in [9.17, 15) is 9.59 Å². The molecule has 16 heavy (non-hydrogen) atoms. The van der Waals surface area contributed by atoms with Crippen LogP contribution < -0.4 is 16.0 Å². The Morgan fingerprint density at radius 2 is 1.81 bits per heavy atom. The third kappa shape index (κ3) is 5.70. The lowest BCUT2D eigenvalue weighted by Gasteiger charge is -2.06. The van der Waals surface area contributed by atoms with E-state index in [-0.39, 0.29) is 17.7 Å². The minimum atomic E-state index is 0.0293. The lowest BCUT2D eigenvalue weighted by atomic mass is 10.3. The highest BCUT2D eigenvalue weighted by Crippen LogP contribution is 2.28. The first kappa shape index (κ1) is 13.0. The van der Waals surface area contributed by atoms with E-state index in [1.165, 1.54) is 0 Å². The monoisotopic (exact) mass is 227 g/mol. The summed E-state index contributed by atoms with van der Waals surface area (Å²) in [4.78, 5) is 22.5. The molecule has 0 radical (unpaired) electrons. The van der Waals surface area contributed by atoms with Gasteiger partial charge in [0.25, 0.3) is 0 Å². The van der Waals surface area contributed by atoms with Crippen LogP contribution in [0.2, 0.25) is 0 Å². The fourth-order valence-electron chi connectivity index (χ4n) is 1.34. The molecule has 5 heteroatoms. The van der Waals surface area contributed by atoms with Gasteiger partial charge < -0.3 is 16.0 Å². The average molecular weight is 227 g/mol. The Kier molecular flexibility index (Phi) is 5.85. The first-order valence-electron chi connectivity index (χ1n) is 5.99. The minimum absolute atomic E-state index is 0.0293. The second kappa shape index (κ2) is 7.22. The first-order valence-corrected chi connectivity index (χ1v) is 5.99. The highest BCUT2D eigenvalue weighted by atomic mass is 16.2. The molecule has 0 heterocycles. The van der Waals surface area contributed by atoms with Crippen molar-refractivity contribution < 1.29 is 9.59 Å². The van der Waals surface area contributed by atoms with Crippen molar-refractivity contribution in [1.82, 2.24) is 16.0 Å². The molecule has 5 nitrogen and oxygen atoms in total. The summed E-state index contributed by atoms with van der Waals surface area (Å²) in [5.74, 6) is 0.396. The van der Waals surface area contributed by atoms with Crippen LogP contribution in [0.3, 0.4) is 0 Å². The van der Waals surface area contributed by atoms with Crippen LogP contribution in [0.25, 0.3) is 0 Å². The summed E-state index contributed by atoms with van der Waals surface area (Å²) in [5, 5.41) is 8.64. The number of carbonyl (C=O) groups is 2. The highest BCUT2D eigenvalue weighted by Gasteiger charge is 2.28. The van der Waals surface area contributed by atoms with E-state index in [1.807, 2.05) is 6.92 Å². The number of hydrogen-bond acceptors (Lipinski definition) is 3. The number of nitrogens with one attached hydrogen (secondary N) is 3. The van der Waals surface area contributed by atoms with E-state index >= 15 is 0 Å². The van der Waals surface area contributed by atoms with Crippen LogP contribution in [0.4, 0.5) is 0 Å². The maximum atomic E-state index is 11.2. The molecule has 1 fully saturated rings. The maximum absolute atomic E-state index is 11.2. The van der Waals surface area contributed by atoms with E-state index in [0.717, 1.165) is 19.4 Å². The van der Waals surface area contributed by atoms with Crippen LogP contribution in [-0.4, -0.2) is 38.0 Å². The zero-order chi connectivity index (χ0) is 11.8. The fraction of sp³-hybridized carbons (Fsp3) is 0.818. The van der Waals surface area contributed by atoms with Gasteiger partial charge in [0, 0.05) is 32.0 Å². The third-order valence-corrected chi connectivity index (χ3v) is 2.47. The van der Waals surface area contributed by atoms with Crippen LogP contribution >= 0.6 is 0 Å². The third-order valence-electron chi connectivity index (χ3n) is 2.47. The zero-order valence-electron chi connectivity index (χ0n) is 9.84. The van der Waals surface area contributed by atoms with E-state index in [0.29, 0.717) is 26.1 Å². The molecule has 3 N–H and O–H groups in total.